The average molecular weight is 432 g/mol. The van der Waals surface area contributed by atoms with E-state index in [2.05, 4.69) is 96.3 Å². The lowest BCUT2D eigenvalue weighted by Gasteiger charge is -2.24. The summed E-state index contributed by atoms with van der Waals surface area (Å²) in [5, 5.41) is 3.41. The molecule has 32 heavy (non-hydrogen) atoms. The maximum atomic E-state index is 3.41. The Morgan fingerprint density at radius 2 is 1.88 bits per heavy atom. The molecule has 1 unspecified atom stereocenters. The lowest BCUT2D eigenvalue weighted by Crippen LogP contribution is -2.05. The molecule has 1 heteroatoms. The van der Waals surface area contributed by atoms with E-state index in [0.717, 1.165) is 12.8 Å². The van der Waals surface area contributed by atoms with Crippen molar-refractivity contribution in [1.82, 2.24) is 0 Å². The Morgan fingerprint density at radius 1 is 1.12 bits per heavy atom. The first-order valence-corrected chi connectivity index (χ1v) is 12.5. The number of unbranched alkanes of at least 4 members (excludes halogenated alkanes) is 2. The number of rotatable bonds is 10. The molecule has 1 aromatic rings. The zero-order valence-corrected chi connectivity index (χ0v) is 21.9. The van der Waals surface area contributed by atoms with Crippen LogP contribution in [0, 0.1) is 6.92 Å². The molecule has 0 spiro atoms. The largest absolute Gasteiger partial charge is 0.388 e. The summed E-state index contributed by atoms with van der Waals surface area (Å²) >= 11 is 0. The van der Waals surface area contributed by atoms with Crippen LogP contribution in [-0.4, -0.2) is 7.05 Å². The fourth-order valence-corrected chi connectivity index (χ4v) is 4.63. The molecule has 1 aromatic carbocycles. The molecule has 0 bridgehead atoms. The van der Waals surface area contributed by atoms with Gasteiger partial charge in [-0.1, -0.05) is 74.3 Å². The van der Waals surface area contributed by atoms with E-state index in [-0.39, 0.29) is 0 Å². The Balaban J connectivity index is 2.40. The second-order valence-electron chi connectivity index (χ2n) is 9.66. The summed E-state index contributed by atoms with van der Waals surface area (Å²) in [5.74, 6) is 0.470. The molecule has 0 heterocycles. The van der Waals surface area contributed by atoms with Crippen LogP contribution in [0.5, 0.6) is 0 Å². The number of benzene rings is 1. The first-order chi connectivity index (χ1) is 15.3. The van der Waals surface area contributed by atoms with Crippen molar-refractivity contribution >= 4 is 11.3 Å². The van der Waals surface area contributed by atoms with Crippen LogP contribution in [0.25, 0.3) is 5.57 Å². The van der Waals surface area contributed by atoms with Gasteiger partial charge in [-0.2, -0.15) is 0 Å². The van der Waals surface area contributed by atoms with Gasteiger partial charge in [-0.15, -0.1) is 0 Å². The molecule has 0 amide bonds. The first-order valence-electron chi connectivity index (χ1n) is 12.5. The Morgan fingerprint density at radius 3 is 2.53 bits per heavy atom. The van der Waals surface area contributed by atoms with Gasteiger partial charge < -0.3 is 5.32 Å². The van der Waals surface area contributed by atoms with Gasteiger partial charge in [0.1, 0.15) is 0 Å². The van der Waals surface area contributed by atoms with Crippen molar-refractivity contribution in [2.45, 2.75) is 92.9 Å². The van der Waals surface area contributed by atoms with Gasteiger partial charge in [0, 0.05) is 12.7 Å². The third-order valence-electron chi connectivity index (χ3n) is 6.72. The van der Waals surface area contributed by atoms with E-state index in [4.69, 9.17) is 0 Å². The zero-order chi connectivity index (χ0) is 23.7. The van der Waals surface area contributed by atoms with E-state index >= 15 is 0 Å². The SMILES string of the molecule is CCCCCC(=C(C)C)c1c(C(C)CC=C(C)C2=CC=CCC(C)=C2)ccc(NC)c1C. The highest BCUT2D eigenvalue weighted by atomic mass is 14.8. The number of allylic oxidation sites excluding steroid dienone is 10. The van der Waals surface area contributed by atoms with E-state index in [0.29, 0.717) is 5.92 Å². The van der Waals surface area contributed by atoms with Crippen molar-refractivity contribution in [3.05, 3.63) is 81.5 Å². The average Bonchev–Trinajstić information content (AvgIpc) is 2.99. The van der Waals surface area contributed by atoms with Crippen molar-refractivity contribution in [2.75, 3.05) is 12.4 Å². The molecular formula is C31H45N. The van der Waals surface area contributed by atoms with Crippen LogP contribution in [0.4, 0.5) is 5.69 Å². The highest BCUT2D eigenvalue weighted by Crippen LogP contribution is 2.38. The topological polar surface area (TPSA) is 12.0 Å². The van der Waals surface area contributed by atoms with Crippen molar-refractivity contribution < 1.29 is 0 Å². The van der Waals surface area contributed by atoms with Crippen molar-refractivity contribution in [3.8, 4) is 0 Å². The van der Waals surface area contributed by atoms with E-state index in [9.17, 15) is 0 Å². The van der Waals surface area contributed by atoms with E-state index < -0.39 is 0 Å². The molecule has 0 radical (unpaired) electrons. The van der Waals surface area contributed by atoms with E-state index in [1.54, 1.807) is 5.57 Å². The number of hydrogen-bond acceptors (Lipinski definition) is 1. The lowest BCUT2D eigenvalue weighted by molar-refractivity contribution is 0.730. The molecule has 0 saturated carbocycles. The molecule has 1 N–H and O–H groups in total. The monoisotopic (exact) mass is 431 g/mol. The summed E-state index contributed by atoms with van der Waals surface area (Å²) in [6, 6.07) is 4.63. The van der Waals surface area contributed by atoms with Crippen LogP contribution >= 0.6 is 0 Å². The van der Waals surface area contributed by atoms with Gasteiger partial charge in [-0.25, -0.2) is 0 Å². The number of nitrogens with one attached hydrogen (secondary N) is 1. The van der Waals surface area contributed by atoms with Crippen LogP contribution in [0.3, 0.4) is 0 Å². The summed E-state index contributed by atoms with van der Waals surface area (Å²) in [4.78, 5) is 0. The fourth-order valence-electron chi connectivity index (χ4n) is 4.63. The zero-order valence-electron chi connectivity index (χ0n) is 21.9. The minimum Gasteiger partial charge on any atom is -0.388 e. The predicted octanol–water partition coefficient (Wildman–Crippen LogP) is 9.68. The molecule has 0 saturated heterocycles. The lowest BCUT2D eigenvalue weighted by atomic mass is 9.82. The second-order valence-corrected chi connectivity index (χ2v) is 9.66. The highest BCUT2D eigenvalue weighted by Gasteiger charge is 2.18. The van der Waals surface area contributed by atoms with E-state index in [1.165, 1.54) is 70.4 Å². The number of anilines is 1. The molecule has 1 aliphatic carbocycles. The van der Waals surface area contributed by atoms with Crippen LogP contribution in [0.15, 0.2) is 64.8 Å². The normalized spacial score (nSPS) is 15.1. The quantitative estimate of drug-likeness (QED) is 0.363. The standard InChI is InChI=1S/C31H45N/c1-9-10-11-16-28(22(2)3)31-26(7)30(32-8)20-19-29(31)25(6)18-17-24(5)27-15-13-12-14-23(4)21-27/h12-13,15,17,19-21,25,32H,9-11,14,16,18H2,1-8H3. The van der Waals surface area contributed by atoms with Gasteiger partial charge in [0.25, 0.3) is 0 Å². The van der Waals surface area contributed by atoms with Gasteiger partial charge in [0.05, 0.1) is 0 Å². The predicted molar refractivity (Wildman–Crippen MR) is 146 cm³/mol. The smallest absolute Gasteiger partial charge is 0.0373 e. The molecule has 0 aromatic heterocycles. The molecule has 1 nitrogen and oxygen atoms in total. The molecule has 1 aliphatic rings. The van der Waals surface area contributed by atoms with Gasteiger partial charge in [0.15, 0.2) is 0 Å². The van der Waals surface area contributed by atoms with Gasteiger partial charge >= 0.3 is 0 Å². The molecule has 2 rings (SSSR count). The van der Waals surface area contributed by atoms with Crippen molar-refractivity contribution in [1.29, 1.82) is 0 Å². The maximum Gasteiger partial charge on any atom is 0.0373 e. The molecular weight excluding hydrogens is 386 g/mol. The Labute approximate surface area is 198 Å². The fraction of sp³-hybridized carbons (Fsp3) is 0.484. The first kappa shape index (κ1) is 26.0. The molecule has 0 fully saturated rings. The van der Waals surface area contributed by atoms with Crippen molar-refractivity contribution in [2.24, 2.45) is 0 Å². The van der Waals surface area contributed by atoms with Gasteiger partial charge in [0.2, 0.25) is 0 Å². The Bertz CT molecular complexity index is 929. The van der Waals surface area contributed by atoms with Crippen LogP contribution in [0.2, 0.25) is 0 Å². The minimum absolute atomic E-state index is 0.470. The number of hydrogen-bond donors (Lipinski definition) is 1. The van der Waals surface area contributed by atoms with Crippen molar-refractivity contribution in [3.63, 3.8) is 0 Å². The highest BCUT2D eigenvalue weighted by molar-refractivity contribution is 5.77. The van der Waals surface area contributed by atoms with Crippen LogP contribution in [0.1, 0.15) is 103 Å². The van der Waals surface area contributed by atoms with Gasteiger partial charge in [-0.05, 0) is 106 Å². The minimum atomic E-state index is 0.470. The summed E-state index contributed by atoms with van der Waals surface area (Å²) < 4.78 is 0. The third-order valence-corrected chi connectivity index (χ3v) is 6.72. The Hall–Kier alpha value is -2.28. The van der Waals surface area contributed by atoms with E-state index in [1.807, 2.05) is 7.05 Å². The third kappa shape index (κ3) is 6.86. The van der Waals surface area contributed by atoms with Crippen LogP contribution < -0.4 is 5.32 Å². The molecule has 174 valence electrons. The summed E-state index contributed by atoms with van der Waals surface area (Å²) in [5.41, 5.74) is 12.7. The summed E-state index contributed by atoms with van der Waals surface area (Å²) in [7, 11) is 2.03. The Kier molecular flexibility index (Phi) is 10.3. The van der Waals surface area contributed by atoms with Crippen LogP contribution in [-0.2, 0) is 0 Å². The molecule has 1 atom stereocenters. The van der Waals surface area contributed by atoms with Gasteiger partial charge in [-0.3, -0.25) is 0 Å². The molecule has 0 aliphatic heterocycles. The maximum absolute atomic E-state index is 3.41. The second kappa shape index (κ2) is 12.7. The summed E-state index contributed by atoms with van der Waals surface area (Å²) in [6.07, 6.45) is 18.5. The summed E-state index contributed by atoms with van der Waals surface area (Å²) in [6.45, 7) is 16.0.